The number of nitrogens with zero attached hydrogens (tertiary/aromatic N) is 2. The standard InChI is InChI=1S/C12H10Cl3N5OS/c13-5-1-7(15)8(2-6(5)14)18-11(21)4-22-12-19-9(16)3-10(17)20-12/h1-3H,4H2,(H,18,21)(H4,16,17,19,20). The van der Waals surface area contributed by atoms with Gasteiger partial charge in [0.25, 0.3) is 0 Å². The van der Waals surface area contributed by atoms with Crippen LogP contribution < -0.4 is 16.8 Å². The molecule has 0 radical (unpaired) electrons. The number of thioether (sulfide) groups is 1. The van der Waals surface area contributed by atoms with Gasteiger partial charge in [-0.15, -0.1) is 0 Å². The summed E-state index contributed by atoms with van der Waals surface area (Å²) < 4.78 is 0. The van der Waals surface area contributed by atoms with E-state index >= 15 is 0 Å². The Balaban J connectivity index is 2.00. The van der Waals surface area contributed by atoms with E-state index in [2.05, 4.69) is 15.3 Å². The van der Waals surface area contributed by atoms with Crippen molar-refractivity contribution in [2.45, 2.75) is 5.16 Å². The highest BCUT2D eigenvalue weighted by Crippen LogP contribution is 2.32. The van der Waals surface area contributed by atoms with Gasteiger partial charge in [-0.1, -0.05) is 46.6 Å². The largest absolute Gasteiger partial charge is 0.383 e. The summed E-state index contributed by atoms with van der Waals surface area (Å²) in [6, 6.07) is 4.36. The summed E-state index contributed by atoms with van der Waals surface area (Å²) in [7, 11) is 0. The lowest BCUT2D eigenvalue weighted by Gasteiger charge is -2.08. The van der Waals surface area contributed by atoms with Crippen molar-refractivity contribution in [3.8, 4) is 0 Å². The van der Waals surface area contributed by atoms with Gasteiger partial charge in [-0.2, -0.15) is 0 Å². The van der Waals surface area contributed by atoms with Gasteiger partial charge in [0.1, 0.15) is 11.6 Å². The maximum atomic E-state index is 11.9. The van der Waals surface area contributed by atoms with Crippen LogP contribution in [0.5, 0.6) is 0 Å². The van der Waals surface area contributed by atoms with Gasteiger partial charge in [0.05, 0.1) is 26.5 Å². The van der Waals surface area contributed by atoms with Crippen LogP contribution in [-0.2, 0) is 4.79 Å². The normalized spacial score (nSPS) is 10.5. The number of carbonyl (C=O) groups is 1. The summed E-state index contributed by atoms with van der Waals surface area (Å²) in [4.78, 5) is 19.8. The topological polar surface area (TPSA) is 107 Å². The number of aromatic nitrogens is 2. The molecule has 1 aromatic carbocycles. The fourth-order valence-corrected chi connectivity index (χ4v) is 2.73. The number of nitrogens with two attached hydrogens (primary N) is 2. The number of nitrogens with one attached hydrogen (secondary N) is 1. The van der Waals surface area contributed by atoms with E-state index in [1.165, 1.54) is 18.2 Å². The SMILES string of the molecule is Nc1cc(N)nc(SCC(=O)Nc2cc(Cl)c(Cl)cc2Cl)n1. The molecule has 2 aromatic rings. The summed E-state index contributed by atoms with van der Waals surface area (Å²) in [6.07, 6.45) is 0. The molecular formula is C12H10Cl3N5OS. The van der Waals surface area contributed by atoms with E-state index < -0.39 is 0 Å². The number of rotatable bonds is 4. The minimum absolute atomic E-state index is 0.0550. The van der Waals surface area contributed by atoms with E-state index in [0.29, 0.717) is 20.9 Å². The van der Waals surface area contributed by atoms with Crippen molar-refractivity contribution in [1.29, 1.82) is 0 Å². The number of halogens is 3. The Hall–Kier alpha value is -1.41. The second-order valence-corrected chi connectivity index (χ2v) is 6.25. The molecule has 0 fully saturated rings. The Labute approximate surface area is 145 Å². The number of amides is 1. The van der Waals surface area contributed by atoms with Gasteiger partial charge in [-0.25, -0.2) is 9.97 Å². The summed E-state index contributed by atoms with van der Waals surface area (Å²) in [5.41, 5.74) is 11.5. The molecule has 1 aromatic heterocycles. The molecule has 10 heteroatoms. The fourth-order valence-electron chi connectivity index (χ4n) is 1.46. The van der Waals surface area contributed by atoms with Crippen LogP contribution in [0, 0.1) is 0 Å². The van der Waals surface area contributed by atoms with E-state index in [-0.39, 0.29) is 28.3 Å². The molecule has 5 N–H and O–H groups in total. The van der Waals surface area contributed by atoms with Crippen LogP contribution in [0.3, 0.4) is 0 Å². The van der Waals surface area contributed by atoms with Crippen molar-refractivity contribution >= 4 is 69.8 Å². The average molecular weight is 379 g/mol. The minimum atomic E-state index is -0.310. The maximum Gasteiger partial charge on any atom is 0.234 e. The lowest BCUT2D eigenvalue weighted by Crippen LogP contribution is -2.15. The second-order valence-electron chi connectivity index (χ2n) is 4.08. The number of hydrogen-bond donors (Lipinski definition) is 3. The van der Waals surface area contributed by atoms with E-state index in [0.717, 1.165) is 11.8 Å². The molecule has 0 aliphatic carbocycles. The molecule has 0 atom stereocenters. The predicted molar refractivity (Wildman–Crippen MR) is 91.7 cm³/mol. The zero-order valence-corrected chi connectivity index (χ0v) is 14.0. The van der Waals surface area contributed by atoms with E-state index in [4.69, 9.17) is 46.3 Å². The lowest BCUT2D eigenvalue weighted by atomic mass is 10.3. The Morgan fingerprint density at radius 3 is 2.27 bits per heavy atom. The van der Waals surface area contributed by atoms with Crippen LogP contribution in [0.15, 0.2) is 23.4 Å². The highest BCUT2D eigenvalue weighted by atomic mass is 35.5. The zero-order chi connectivity index (χ0) is 16.3. The number of hydrogen-bond acceptors (Lipinski definition) is 6. The molecule has 6 nitrogen and oxygen atoms in total. The van der Waals surface area contributed by atoms with Gasteiger partial charge >= 0.3 is 0 Å². The monoisotopic (exact) mass is 377 g/mol. The van der Waals surface area contributed by atoms with Crippen molar-refractivity contribution in [3.63, 3.8) is 0 Å². The lowest BCUT2D eigenvalue weighted by molar-refractivity contribution is -0.113. The molecule has 0 bridgehead atoms. The summed E-state index contributed by atoms with van der Waals surface area (Å²) in [5, 5.41) is 3.83. The molecule has 116 valence electrons. The van der Waals surface area contributed by atoms with Gasteiger partial charge < -0.3 is 16.8 Å². The number of anilines is 3. The molecule has 0 spiro atoms. The summed E-state index contributed by atoms with van der Waals surface area (Å²) in [5.74, 6) is 0.222. The van der Waals surface area contributed by atoms with Gasteiger partial charge in [-0.3, -0.25) is 4.79 Å². The van der Waals surface area contributed by atoms with Crippen LogP contribution >= 0.6 is 46.6 Å². The fraction of sp³-hybridized carbons (Fsp3) is 0.0833. The van der Waals surface area contributed by atoms with Gasteiger partial charge in [0.15, 0.2) is 5.16 Å². The average Bonchev–Trinajstić information content (AvgIpc) is 2.41. The first kappa shape index (κ1) is 17.0. The quantitative estimate of drug-likeness (QED) is 0.428. The number of benzene rings is 1. The van der Waals surface area contributed by atoms with Gasteiger partial charge in [0, 0.05) is 6.07 Å². The van der Waals surface area contributed by atoms with Gasteiger partial charge in [-0.05, 0) is 12.1 Å². The second kappa shape index (κ2) is 7.23. The molecule has 0 aliphatic rings. The van der Waals surface area contributed by atoms with Gasteiger partial charge in [0.2, 0.25) is 5.91 Å². The Morgan fingerprint density at radius 2 is 1.64 bits per heavy atom. The van der Waals surface area contributed by atoms with Crippen molar-refractivity contribution < 1.29 is 4.79 Å². The molecular weight excluding hydrogens is 369 g/mol. The van der Waals surface area contributed by atoms with E-state index in [9.17, 15) is 4.79 Å². The maximum absolute atomic E-state index is 11.9. The molecule has 1 amide bonds. The van der Waals surface area contributed by atoms with Crippen molar-refractivity contribution in [2.24, 2.45) is 0 Å². The van der Waals surface area contributed by atoms with Crippen molar-refractivity contribution in [2.75, 3.05) is 22.5 Å². The number of carbonyl (C=O) groups excluding carboxylic acids is 1. The molecule has 0 saturated heterocycles. The first-order valence-electron chi connectivity index (χ1n) is 5.82. The van der Waals surface area contributed by atoms with E-state index in [1.807, 2.05) is 0 Å². The third kappa shape index (κ3) is 4.54. The molecule has 0 unspecified atom stereocenters. The van der Waals surface area contributed by atoms with Crippen LogP contribution in [0.2, 0.25) is 15.1 Å². The molecule has 0 aliphatic heterocycles. The van der Waals surface area contributed by atoms with Crippen LogP contribution in [-0.4, -0.2) is 21.6 Å². The van der Waals surface area contributed by atoms with Crippen LogP contribution in [0.25, 0.3) is 0 Å². The molecule has 2 rings (SSSR count). The first-order valence-corrected chi connectivity index (χ1v) is 7.94. The third-order valence-corrected chi connectivity index (χ3v) is 4.24. The summed E-state index contributed by atoms with van der Waals surface area (Å²) >= 11 is 18.8. The number of nitrogen functional groups attached to an aromatic ring is 2. The smallest absolute Gasteiger partial charge is 0.234 e. The zero-order valence-electron chi connectivity index (χ0n) is 10.9. The van der Waals surface area contributed by atoms with Crippen molar-refractivity contribution in [3.05, 3.63) is 33.3 Å². The minimum Gasteiger partial charge on any atom is -0.383 e. The first-order chi connectivity index (χ1) is 10.3. The van der Waals surface area contributed by atoms with E-state index in [1.54, 1.807) is 0 Å². The highest BCUT2D eigenvalue weighted by Gasteiger charge is 2.11. The third-order valence-electron chi connectivity index (χ3n) is 2.36. The molecule has 1 heterocycles. The highest BCUT2D eigenvalue weighted by molar-refractivity contribution is 7.99. The van der Waals surface area contributed by atoms with Crippen LogP contribution in [0.1, 0.15) is 0 Å². The van der Waals surface area contributed by atoms with Crippen LogP contribution in [0.4, 0.5) is 17.3 Å². The Morgan fingerprint density at radius 1 is 1.05 bits per heavy atom. The Bertz CT molecular complexity index is 708. The predicted octanol–water partition coefficient (Wildman–Crippen LogP) is 3.33. The molecule has 22 heavy (non-hydrogen) atoms. The summed E-state index contributed by atoms with van der Waals surface area (Å²) in [6.45, 7) is 0. The Kier molecular flexibility index (Phi) is 5.57. The van der Waals surface area contributed by atoms with Crippen molar-refractivity contribution in [1.82, 2.24) is 9.97 Å². The molecule has 0 saturated carbocycles.